The molecule has 0 radical (unpaired) electrons. The number of rotatable bonds is 5. The summed E-state index contributed by atoms with van der Waals surface area (Å²) in [7, 11) is 0. The number of aliphatic hydroxyl groups excluding tert-OH is 2. The van der Waals surface area contributed by atoms with Crippen LogP contribution in [0.3, 0.4) is 0 Å². The van der Waals surface area contributed by atoms with E-state index < -0.39 is 23.9 Å². The van der Waals surface area contributed by atoms with Gasteiger partial charge in [-0.05, 0) is 30.3 Å². The average molecular weight is 361 g/mol. The van der Waals surface area contributed by atoms with Gasteiger partial charge < -0.3 is 26.4 Å². The second-order valence-corrected chi connectivity index (χ2v) is 6.64. The Labute approximate surface area is 141 Å². The molecule has 0 aliphatic carbocycles. The van der Waals surface area contributed by atoms with Gasteiger partial charge in [-0.1, -0.05) is 0 Å². The van der Waals surface area contributed by atoms with Crippen molar-refractivity contribution in [2.45, 2.75) is 30.3 Å². The van der Waals surface area contributed by atoms with E-state index in [1.807, 2.05) is 0 Å². The number of ether oxygens (including phenoxy) is 1. The van der Waals surface area contributed by atoms with Crippen LogP contribution in [0, 0.1) is 0 Å². The highest BCUT2D eigenvalue weighted by atomic mass is 35.5. The van der Waals surface area contributed by atoms with Crippen molar-refractivity contribution in [3.05, 3.63) is 11.6 Å². The van der Waals surface area contributed by atoms with E-state index in [0.717, 1.165) is 12.2 Å². The van der Waals surface area contributed by atoms with Crippen LogP contribution < -0.4 is 11.5 Å². The molecule has 9 nitrogen and oxygen atoms in total. The predicted molar refractivity (Wildman–Crippen MR) is 86.8 cm³/mol. The number of hydrogen-bond acceptors (Lipinski definition) is 9. The SMILES string of the molecule is NCCCSC1OC(n2cnc3c(N)nc(Cl)nc32)C(O)C1O. The topological polar surface area (TPSA) is 145 Å². The molecule has 4 atom stereocenters. The third-order valence-electron chi connectivity index (χ3n) is 3.52. The quantitative estimate of drug-likeness (QED) is 0.417. The molecule has 0 spiro atoms. The maximum Gasteiger partial charge on any atom is 0.226 e. The van der Waals surface area contributed by atoms with Crippen LogP contribution in [0.1, 0.15) is 12.6 Å². The molecule has 0 bridgehead atoms. The Morgan fingerprint density at radius 3 is 2.87 bits per heavy atom. The molecule has 0 saturated carbocycles. The summed E-state index contributed by atoms with van der Waals surface area (Å²) in [5.74, 6) is 0.865. The minimum absolute atomic E-state index is 0.0290. The molecular formula is C12H17ClN6O3S. The molecule has 2 aromatic heterocycles. The fourth-order valence-corrected chi connectivity index (χ4v) is 3.66. The number of imidazole rings is 1. The van der Waals surface area contributed by atoms with E-state index in [2.05, 4.69) is 15.0 Å². The van der Waals surface area contributed by atoms with Gasteiger partial charge >= 0.3 is 0 Å². The van der Waals surface area contributed by atoms with Gasteiger partial charge in [0.2, 0.25) is 5.28 Å². The smallest absolute Gasteiger partial charge is 0.226 e. The Bertz CT molecular complexity index is 701. The number of thioether (sulfide) groups is 1. The molecular weight excluding hydrogens is 344 g/mol. The van der Waals surface area contributed by atoms with Crippen molar-refractivity contribution in [1.82, 2.24) is 19.5 Å². The van der Waals surface area contributed by atoms with Crippen molar-refractivity contribution in [2.75, 3.05) is 18.0 Å². The third-order valence-corrected chi connectivity index (χ3v) is 4.93. The van der Waals surface area contributed by atoms with E-state index in [1.165, 1.54) is 22.7 Å². The predicted octanol–water partition coefficient (Wildman–Crippen LogP) is -0.279. The van der Waals surface area contributed by atoms with Gasteiger partial charge in [0.25, 0.3) is 0 Å². The number of nitrogens with zero attached hydrogens (tertiary/aromatic N) is 4. The highest BCUT2D eigenvalue weighted by Gasteiger charge is 2.44. The van der Waals surface area contributed by atoms with Crippen LogP contribution in [0.4, 0.5) is 5.82 Å². The lowest BCUT2D eigenvalue weighted by molar-refractivity contribution is -0.0192. The maximum absolute atomic E-state index is 10.3. The highest BCUT2D eigenvalue weighted by Crippen LogP contribution is 2.36. The van der Waals surface area contributed by atoms with E-state index in [1.54, 1.807) is 0 Å². The second kappa shape index (κ2) is 6.75. The summed E-state index contributed by atoms with van der Waals surface area (Å²) in [6.45, 7) is 0.558. The van der Waals surface area contributed by atoms with E-state index in [0.29, 0.717) is 17.7 Å². The molecule has 1 saturated heterocycles. The molecule has 0 aromatic carbocycles. The maximum atomic E-state index is 10.3. The lowest BCUT2D eigenvalue weighted by Crippen LogP contribution is -2.30. The van der Waals surface area contributed by atoms with Gasteiger partial charge in [-0.25, -0.2) is 4.98 Å². The Kier molecular flexibility index (Phi) is 4.90. The normalized spacial score (nSPS) is 27.8. The Morgan fingerprint density at radius 1 is 1.35 bits per heavy atom. The van der Waals surface area contributed by atoms with Crippen LogP contribution in [0.2, 0.25) is 5.28 Å². The van der Waals surface area contributed by atoms with Crippen LogP contribution in [-0.2, 0) is 4.74 Å². The number of nitrogen functional groups attached to an aromatic ring is 1. The standard InChI is InChI=1S/C12H17ClN6O3S/c13-12-17-8(15)5-9(18-12)19(4-16-5)10-6(20)7(21)11(22-10)23-3-1-2-14/h4,6-7,10-11,20-21H,1-3,14H2,(H2,15,17,18). The number of halogens is 1. The molecule has 0 amide bonds. The molecule has 1 fully saturated rings. The second-order valence-electron chi connectivity index (χ2n) is 5.09. The summed E-state index contributed by atoms with van der Waals surface area (Å²) < 4.78 is 7.26. The van der Waals surface area contributed by atoms with E-state index >= 15 is 0 Å². The summed E-state index contributed by atoms with van der Waals surface area (Å²) in [4.78, 5) is 12.0. The van der Waals surface area contributed by atoms with Crippen molar-refractivity contribution in [3.8, 4) is 0 Å². The third kappa shape index (κ3) is 3.10. The minimum Gasteiger partial charge on any atom is -0.387 e. The number of hydrogen-bond donors (Lipinski definition) is 4. The highest BCUT2D eigenvalue weighted by molar-refractivity contribution is 7.99. The van der Waals surface area contributed by atoms with Crippen molar-refractivity contribution in [1.29, 1.82) is 0 Å². The molecule has 126 valence electrons. The van der Waals surface area contributed by atoms with Gasteiger partial charge in [-0.2, -0.15) is 9.97 Å². The average Bonchev–Trinajstić information content (AvgIpc) is 3.04. The molecule has 3 heterocycles. The van der Waals surface area contributed by atoms with Gasteiger partial charge in [0.15, 0.2) is 17.7 Å². The van der Waals surface area contributed by atoms with E-state index in [-0.39, 0.29) is 11.1 Å². The van der Waals surface area contributed by atoms with Crippen LogP contribution >= 0.6 is 23.4 Å². The fourth-order valence-electron chi connectivity index (χ4n) is 2.38. The first kappa shape index (κ1) is 16.7. The summed E-state index contributed by atoms with van der Waals surface area (Å²) in [5.41, 5.74) is 11.4. The van der Waals surface area contributed by atoms with Crippen LogP contribution in [-0.4, -0.2) is 59.7 Å². The first-order valence-corrected chi connectivity index (χ1v) is 8.44. The molecule has 23 heavy (non-hydrogen) atoms. The fraction of sp³-hybridized carbons (Fsp3) is 0.583. The van der Waals surface area contributed by atoms with Crippen LogP contribution in [0.25, 0.3) is 11.2 Å². The molecule has 3 rings (SSSR count). The number of aromatic nitrogens is 4. The molecule has 4 unspecified atom stereocenters. The summed E-state index contributed by atoms with van der Waals surface area (Å²) >= 11 is 7.23. The number of aliphatic hydroxyl groups is 2. The largest absolute Gasteiger partial charge is 0.387 e. The van der Waals surface area contributed by atoms with Crippen LogP contribution in [0.5, 0.6) is 0 Å². The van der Waals surface area contributed by atoms with Gasteiger partial charge in [-0.3, -0.25) is 4.57 Å². The molecule has 6 N–H and O–H groups in total. The van der Waals surface area contributed by atoms with Crippen molar-refractivity contribution in [3.63, 3.8) is 0 Å². The first-order chi connectivity index (χ1) is 11.0. The Morgan fingerprint density at radius 2 is 2.13 bits per heavy atom. The van der Waals surface area contributed by atoms with Gasteiger partial charge in [0.05, 0.1) is 6.33 Å². The molecule has 1 aliphatic rings. The van der Waals surface area contributed by atoms with Gasteiger partial charge in [0.1, 0.15) is 23.2 Å². The zero-order valence-electron chi connectivity index (χ0n) is 12.0. The molecule has 11 heteroatoms. The van der Waals surface area contributed by atoms with E-state index in [9.17, 15) is 10.2 Å². The van der Waals surface area contributed by atoms with Crippen molar-refractivity contribution < 1.29 is 14.9 Å². The zero-order chi connectivity index (χ0) is 16.6. The number of anilines is 1. The van der Waals surface area contributed by atoms with E-state index in [4.69, 9.17) is 27.8 Å². The van der Waals surface area contributed by atoms with Crippen molar-refractivity contribution in [2.24, 2.45) is 5.73 Å². The van der Waals surface area contributed by atoms with Crippen molar-refractivity contribution >= 4 is 40.3 Å². The molecule has 2 aromatic rings. The Balaban J connectivity index is 1.87. The summed E-state index contributed by atoms with van der Waals surface area (Å²) in [6.07, 6.45) is -0.770. The number of fused-ring (bicyclic) bond motifs is 1. The zero-order valence-corrected chi connectivity index (χ0v) is 13.6. The lowest BCUT2D eigenvalue weighted by atomic mass is 10.2. The summed E-state index contributed by atoms with van der Waals surface area (Å²) in [6, 6.07) is 0. The Hall–Kier alpha value is -1.17. The van der Waals surface area contributed by atoms with Crippen LogP contribution in [0.15, 0.2) is 6.33 Å². The first-order valence-electron chi connectivity index (χ1n) is 7.01. The van der Waals surface area contributed by atoms with Gasteiger partial charge in [-0.15, -0.1) is 11.8 Å². The van der Waals surface area contributed by atoms with Gasteiger partial charge in [0, 0.05) is 0 Å². The molecule has 1 aliphatic heterocycles. The monoisotopic (exact) mass is 360 g/mol. The minimum atomic E-state index is -1.13. The summed E-state index contributed by atoms with van der Waals surface area (Å²) in [5, 5.41) is 20.4. The lowest BCUT2D eigenvalue weighted by Gasteiger charge is -2.16. The number of nitrogens with two attached hydrogens (primary N) is 2.